The zero-order valence-electron chi connectivity index (χ0n) is 7.96. The topological polar surface area (TPSA) is 92.4 Å². The molecule has 0 aromatic heterocycles. The second kappa shape index (κ2) is 4.81. The number of rotatable bonds is 5. The lowest BCUT2D eigenvalue weighted by atomic mass is 9.96. The van der Waals surface area contributed by atoms with Crippen LogP contribution < -0.4 is 11.1 Å². The first-order chi connectivity index (χ1) is 5.96. The van der Waals surface area contributed by atoms with Gasteiger partial charge >= 0.3 is 5.97 Å². The maximum atomic E-state index is 10.9. The van der Waals surface area contributed by atoms with Crippen molar-refractivity contribution >= 4 is 11.9 Å². The Hall–Kier alpha value is -1.10. The molecule has 0 spiro atoms. The average Bonchev–Trinajstić information content (AvgIpc) is 2.04. The minimum absolute atomic E-state index is 0.188. The van der Waals surface area contributed by atoms with Crippen LogP contribution in [0.1, 0.15) is 26.7 Å². The zero-order valence-corrected chi connectivity index (χ0v) is 7.96. The molecule has 0 rings (SSSR count). The summed E-state index contributed by atoms with van der Waals surface area (Å²) in [6, 6.07) is 0. The summed E-state index contributed by atoms with van der Waals surface area (Å²) in [5.74, 6) is -1.48. The van der Waals surface area contributed by atoms with E-state index in [4.69, 9.17) is 10.8 Å². The number of amides is 1. The largest absolute Gasteiger partial charge is 0.480 e. The highest BCUT2D eigenvalue weighted by molar-refractivity contribution is 5.87. The summed E-state index contributed by atoms with van der Waals surface area (Å²) in [4.78, 5) is 21.7. The van der Waals surface area contributed by atoms with E-state index in [-0.39, 0.29) is 6.54 Å². The fourth-order valence-electron chi connectivity index (χ4n) is 1.08. The van der Waals surface area contributed by atoms with Crippen molar-refractivity contribution in [2.45, 2.75) is 32.2 Å². The Labute approximate surface area is 77.3 Å². The summed E-state index contributed by atoms with van der Waals surface area (Å²) < 4.78 is 0. The van der Waals surface area contributed by atoms with Crippen molar-refractivity contribution in [1.82, 2.24) is 5.32 Å². The van der Waals surface area contributed by atoms with Gasteiger partial charge in [-0.05, 0) is 13.3 Å². The van der Waals surface area contributed by atoms with E-state index < -0.39 is 17.4 Å². The predicted octanol–water partition coefficient (Wildman–Crippen LogP) is -0.295. The summed E-state index contributed by atoms with van der Waals surface area (Å²) in [7, 11) is 0. The fourth-order valence-corrected chi connectivity index (χ4v) is 1.08. The molecule has 5 nitrogen and oxygen atoms in total. The Bertz CT molecular complexity index is 206. The van der Waals surface area contributed by atoms with Gasteiger partial charge in [-0.1, -0.05) is 13.3 Å². The quantitative estimate of drug-likeness (QED) is 0.552. The van der Waals surface area contributed by atoms with Gasteiger partial charge in [-0.3, -0.25) is 4.79 Å². The van der Waals surface area contributed by atoms with Crippen molar-refractivity contribution < 1.29 is 14.7 Å². The molecule has 0 aliphatic heterocycles. The van der Waals surface area contributed by atoms with Crippen LogP contribution >= 0.6 is 0 Å². The van der Waals surface area contributed by atoms with E-state index in [2.05, 4.69) is 5.32 Å². The van der Waals surface area contributed by atoms with Gasteiger partial charge in [-0.25, -0.2) is 4.79 Å². The number of hydrogen-bond donors (Lipinski definition) is 3. The molecule has 1 atom stereocenters. The molecule has 0 fully saturated rings. The van der Waals surface area contributed by atoms with Crippen LogP contribution in [-0.2, 0) is 9.59 Å². The first kappa shape index (κ1) is 11.9. The molecule has 0 aliphatic carbocycles. The van der Waals surface area contributed by atoms with E-state index in [1.54, 1.807) is 0 Å². The fraction of sp³-hybridized carbons (Fsp3) is 0.750. The SMILES string of the molecule is CCCC(C)(NC(=O)CN)C(=O)O. The number of carbonyl (C=O) groups excluding carboxylic acids is 1. The van der Waals surface area contributed by atoms with Gasteiger partial charge in [0, 0.05) is 0 Å². The van der Waals surface area contributed by atoms with Crippen LogP contribution in [0.4, 0.5) is 0 Å². The van der Waals surface area contributed by atoms with Crippen LogP contribution in [0.15, 0.2) is 0 Å². The second-order valence-corrected chi connectivity index (χ2v) is 3.14. The highest BCUT2D eigenvalue weighted by Crippen LogP contribution is 2.11. The van der Waals surface area contributed by atoms with Gasteiger partial charge in [0.25, 0.3) is 0 Å². The average molecular weight is 188 g/mol. The minimum Gasteiger partial charge on any atom is -0.480 e. The van der Waals surface area contributed by atoms with Crippen LogP contribution in [0.5, 0.6) is 0 Å². The lowest BCUT2D eigenvalue weighted by Crippen LogP contribution is -2.53. The molecule has 1 amide bonds. The minimum atomic E-state index is -1.19. The highest BCUT2D eigenvalue weighted by Gasteiger charge is 2.33. The van der Waals surface area contributed by atoms with Crippen molar-refractivity contribution in [3.8, 4) is 0 Å². The molecule has 4 N–H and O–H groups in total. The summed E-state index contributed by atoms with van der Waals surface area (Å²) >= 11 is 0. The molecule has 13 heavy (non-hydrogen) atoms. The molecule has 76 valence electrons. The number of carboxylic acid groups (broad SMARTS) is 1. The van der Waals surface area contributed by atoms with Gasteiger partial charge < -0.3 is 16.2 Å². The van der Waals surface area contributed by atoms with E-state index in [0.29, 0.717) is 12.8 Å². The molecule has 0 bridgehead atoms. The molecule has 0 aliphatic rings. The van der Waals surface area contributed by atoms with Crippen molar-refractivity contribution in [1.29, 1.82) is 0 Å². The normalized spacial score (nSPS) is 14.7. The van der Waals surface area contributed by atoms with Crippen molar-refractivity contribution in [2.24, 2.45) is 5.73 Å². The third-order valence-electron chi connectivity index (χ3n) is 1.82. The molecule has 5 heteroatoms. The Morgan fingerprint density at radius 3 is 2.38 bits per heavy atom. The summed E-state index contributed by atoms with van der Waals surface area (Å²) in [5.41, 5.74) is 3.88. The first-order valence-corrected chi connectivity index (χ1v) is 4.20. The Kier molecular flexibility index (Phi) is 4.40. The van der Waals surface area contributed by atoms with Crippen molar-refractivity contribution in [2.75, 3.05) is 6.54 Å². The van der Waals surface area contributed by atoms with E-state index >= 15 is 0 Å². The van der Waals surface area contributed by atoms with Crippen LogP contribution in [0.2, 0.25) is 0 Å². The molecular formula is C8H16N2O3. The molecule has 0 aromatic carbocycles. The van der Waals surface area contributed by atoms with Crippen molar-refractivity contribution in [3.05, 3.63) is 0 Å². The standard InChI is InChI=1S/C8H16N2O3/c1-3-4-8(2,7(12)13)10-6(11)5-9/h3-5,9H2,1-2H3,(H,10,11)(H,12,13). The predicted molar refractivity (Wildman–Crippen MR) is 48.1 cm³/mol. The van der Waals surface area contributed by atoms with E-state index in [1.807, 2.05) is 6.92 Å². The van der Waals surface area contributed by atoms with Crippen LogP contribution in [0.25, 0.3) is 0 Å². The van der Waals surface area contributed by atoms with Crippen LogP contribution in [-0.4, -0.2) is 29.1 Å². The Morgan fingerprint density at radius 2 is 2.08 bits per heavy atom. The van der Waals surface area contributed by atoms with Gasteiger partial charge in [0.2, 0.25) is 5.91 Å². The van der Waals surface area contributed by atoms with Gasteiger partial charge in [0.1, 0.15) is 5.54 Å². The highest BCUT2D eigenvalue weighted by atomic mass is 16.4. The van der Waals surface area contributed by atoms with E-state index in [0.717, 1.165) is 0 Å². The van der Waals surface area contributed by atoms with E-state index in [1.165, 1.54) is 6.92 Å². The van der Waals surface area contributed by atoms with Gasteiger partial charge in [0.05, 0.1) is 6.54 Å². The molecular weight excluding hydrogens is 172 g/mol. The van der Waals surface area contributed by atoms with Crippen LogP contribution in [0, 0.1) is 0 Å². The molecule has 0 heterocycles. The number of nitrogens with one attached hydrogen (secondary N) is 1. The van der Waals surface area contributed by atoms with Crippen LogP contribution in [0.3, 0.4) is 0 Å². The second-order valence-electron chi connectivity index (χ2n) is 3.14. The summed E-state index contributed by atoms with van der Waals surface area (Å²) in [6.07, 6.45) is 1.09. The maximum absolute atomic E-state index is 10.9. The van der Waals surface area contributed by atoms with Crippen molar-refractivity contribution in [3.63, 3.8) is 0 Å². The Balaban J connectivity index is 4.41. The molecule has 1 unspecified atom stereocenters. The summed E-state index contributed by atoms with van der Waals surface area (Å²) in [6.45, 7) is 3.15. The summed E-state index contributed by atoms with van der Waals surface area (Å²) in [5, 5.41) is 11.2. The molecule has 0 saturated carbocycles. The number of hydrogen-bond acceptors (Lipinski definition) is 3. The monoisotopic (exact) mass is 188 g/mol. The molecule has 0 saturated heterocycles. The first-order valence-electron chi connectivity index (χ1n) is 4.20. The molecule has 0 aromatic rings. The van der Waals surface area contributed by atoms with Gasteiger partial charge in [-0.15, -0.1) is 0 Å². The number of carbonyl (C=O) groups is 2. The number of aliphatic carboxylic acids is 1. The van der Waals surface area contributed by atoms with Gasteiger partial charge in [-0.2, -0.15) is 0 Å². The lowest BCUT2D eigenvalue weighted by molar-refractivity contribution is -0.147. The maximum Gasteiger partial charge on any atom is 0.329 e. The van der Waals surface area contributed by atoms with E-state index in [9.17, 15) is 9.59 Å². The van der Waals surface area contributed by atoms with Gasteiger partial charge in [0.15, 0.2) is 0 Å². The smallest absolute Gasteiger partial charge is 0.329 e. The molecule has 0 radical (unpaired) electrons. The third kappa shape index (κ3) is 3.42. The number of carboxylic acids is 1. The Morgan fingerprint density at radius 1 is 1.54 bits per heavy atom. The third-order valence-corrected chi connectivity index (χ3v) is 1.82. The number of nitrogens with two attached hydrogens (primary N) is 1. The lowest BCUT2D eigenvalue weighted by Gasteiger charge is -2.25. The zero-order chi connectivity index (χ0) is 10.5.